The molecular weight excluding hydrogens is 136 g/mol. The number of aromatic nitrogens is 4. The van der Waals surface area contributed by atoms with Gasteiger partial charge in [0.2, 0.25) is 0 Å². The van der Waals surface area contributed by atoms with E-state index in [1.54, 1.807) is 6.20 Å². The average Bonchev–Trinajstić information content (AvgIpc) is 2.05. The van der Waals surface area contributed by atoms with Crippen LogP contribution in [0.5, 0.6) is 0 Å². The van der Waals surface area contributed by atoms with Crippen LogP contribution in [-0.2, 0) is 0 Å². The second-order valence-electron chi connectivity index (χ2n) is 1.47. The van der Waals surface area contributed by atoms with Gasteiger partial charge in [-0.25, -0.2) is 21.8 Å². The van der Waals surface area contributed by atoms with Gasteiger partial charge in [0.15, 0.2) is 0 Å². The summed E-state index contributed by atoms with van der Waals surface area (Å²) in [5.74, 6) is 5.02. The minimum Gasteiger partial charge on any atom is -0.246 e. The van der Waals surface area contributed by atoms with Gasteiger partial charge in [0.1, 0.15) is 0 Å². The lowest BCUT2D eigenvalue weighted by Crippen LogP contribution is -2.25. The zero-order valence-electron chi connectivity index (χ0n) is 5.07. The first-order valence-electron chi connectivity index (χ1n) is 2.48. The lowest BCUT2D eigenvalue weighted by Gasteiger charge is -2.04. The summed E-state index contributed by atoms with van der Waals surface area (Å²) in [5, 5.41) is 8.08. The molecule has 0 spiro atoms. The van der Waals surface area contributed by atoms with Crippen LogP contribution in [0.1, 0.15) is 0 Å². The summed E-state index contributed by atoms with van der Waals surface area (Å²) in [6.45, 7) is 0. The Bertz CT molecular complexity index is 213. The summed E-state index contributed by atoms with van der Waals surface area (Å²) < 4.78 is 0. The highest BCUT2D eigenvalue weighted by Gasteiger charge is 1.79. The Hall–Kier alpha value is -1.70. The van der Waals surface area contributed by atoms with Crippen LogP contribution >= 0.6 is 0 Å². The van der Waals surface area contributed by atoms with Crippen molar-refractivity contribution in [3.8, 4) is 0 Å². The Morgan fingerprint density at radius 3 is 2.70 bits per heavy atom. The minimum atomic E-state index is 1.16. The zero-order valence-corrected chi connectivity index (χ0v) is 5.07. The van der Waals surface area contributed by atoms with Gasteiger partial charge in [-0.3, -0.25) is 0 Å². The van der Waals surface area contributed by atoms with E-state index in [9.17, 15) is 0 Å². The monoisotopic (exact) mass is 144 g/mol. The Morgan fingerprint density at radius 2 is 2.30 bits per heavy atom. The molecule has 0 aliphatic heterocycles. The maximum Gasteiger partial charge on any atom is 0.0707 e. The van der Waals surface area contributed by atoms with E-state index < -0.39 is 0 Å². The topological polar surface area (TPSA) is 116 Å². The van der Waals surface area contributed by atoms with Crippen molar-refractivity contribution < 1.29 is 0 Å². The van der Waals surface area contributed by atoms with Crippen molar-refractivity contribution in [3.05, 3.63) is 12.4 Å². The first kappa shape index (κ1) is 6.42. The average molecular weight is 144 g/mol. The SMILES string of the molecule is N=Nn1ccn(NN)[nH][nH]1. The minimum absolute atomic E-state index is 1.16. The molecule has 56 valence electrons. The van der Waals surface area contributed by atoms with Crippen molar-refractivity contribution in [2.24, 2.45) is 11.1 Å². The van der Waals surface area contributed by atoms with E-state index in [-0.39, 0.29) is 0 Å². The molecule has 6 N–H and O–H groups in total. The molecule has 0 fully saturated rings. The molecule has 0 aliphatic carbocycles. The van der Waals surface area contributed by atoms with Gasteiger partial charge in [-0.1, -0.05) is 5.22 Å². The van der Waals surface area contributed by atoms with Gasteiger partial charge < -0.3 is 0 Å². The normalized spacial score (nSPS) is 8.90. The number of nitrogen functional groups attached to an aromatic ring is 1. The molecule has 0 saturated heterocycles. The number of nitrogens with zero attached hydrogens (tertiary/aromatic N) is 3. The van der Waals surface area contributed by atoms with Gasteiger partial charge in [-0.15, -0.1) is 4.79 Å². The highest BCUT2D eigenvalue weighted by atomic mass is 15.8. The fourth-order valence-electron chi connectivity index (χ4n) is 0.443. The Labute approximate surface area is 55.7 Å². The number of hydrogen-bond acceptors (Lipinski definition) is 4. The number of rotatable bonds is 2. The van der Waals surface area contributed by atoms with Crippen molar-refractivity contribution in [2.45, 2.75) is 0 Å². The van der Waals surface area contributed by atoms with Crippen molar-refractivity contribution >= 4 is 0 Å². The highest BCUT2D eigenvalue weighted by Crippen LogP contribution is 1.75. The third kappa shape index (κ3) is 1.17. The summed E-state index contributed by atoms with van der Waals surface area (Å²) in [5.41, 5.74) is 8.84. The van der Waals surface area contributed by atoms with Crippen LogP contribution in [0.3, 0.4) is 0 Å². The number of nitrogens with one attached hydrogen (secondary N) is 4. The molecule has 0 amide bonds. The lowest BCUT2D eigenvalue weighted by atomic mass is 10.9. The largest absolute Gasteiger partial charge is 0.246 e. The maximum absolute atomic E-state index is 6.55. The first-order valence-corrected chi connectivity index (χ1v) is 2.48. The van der Waals surface area contributed by atoms with Gasteiger partial charge in [0.25, 0.3) is 0 Å². The molecule has 0 aromatic carbocycles. The summed E-state index contributed by atoms with van der Waals surface area (Å²) in [4.78, 5) is 2.51. The van der Waals surface area contributed by atoms with Crippen LogP contribution < -0.4 is 11.4 Å². The van der Waals surface area contributed by atoms with E-state index in [1.807, 2.05) is 0 Å². The molecule has 0 aliphatic rings. The van der Waals surface area contributed by atoms with Crippen molar-refractivity contribution in [3.63, 3.8) is 0 Å². The Balaban J connectivity index is 2.90. The summed E-state index contributed by atoms with van der Waals surface area (Å²) >= 11 is 0. The van der Waals surface area contributed by atoms with Gasteiger partial charge in [0, 0.05) is 0 Å². The molecule has 0 atom stereocenters. The molecule has 1 rings (SSSR count). The van der Waals surface area contributed by atoms with Gasteiger partial charge in [0.05, 0.1) is 12.4 Å². The standard InChI is InChI=1S/C2H8N8/c3-5-9-1-2-10(6-4)8-7-9/h1-3,6-8H,4H2. The second-order valence-corrected chi connectivity index (χ2v) is 1.47. The van der Waals surface area contributed by atoms with Crippen molar-refractivity contribution in [1.82, 2.24) is 20.0 Å². The molecule has 0 unspecified atom stereocenters. The molecule has 1 aromatic rings. The molecule has 0 bridgehead atoms. The van der Waals surface area contributed by atoms with Gasteiger partial charge in [-0.2, -0.15) is 10.3 Å². The fourth-order valence-corrected chi connectivity index (χ4v) is 0.443. The predicted molar refractivity (Wildman–Crippen MR) is 32.8 cm³/mol. The van der Waals surface area contributed by atoms with E-state index in [1.165, 1.54) is 11.0 Å². The third-order valence-corrected chi connectivity index (χ3v) is 0.889. The second kappa shape index (κ2) is 2.73. The third-order valence-electron chi connectivity index (χ3n) is 0.889. The van der Waals surface area contributed by atoms with Crippen LogP contribution in [0.2, 0.25) is 0 Å². The van der Waals surface area contributed by atoms with E-state index in [0.717, 1.165) is 4.79 Å². The molecule has 8 heteroatoms. The lowest BCUT2D eigenvalue weighted by molar-refractivity contribution is 0.513. The van der Waals surface area contributed by atoms with E-state index >= 15 is 0 Å². The number of aromatic amines is 2. The van der Waals surface area contributed by atoms with Crippen molar-refractivity contribution in [1.29, 1.82) is 5.53 Å². The molecule has 0 saturated carbocycles. The molecule has 1 heterocycles. The Morgan fingerprint density at radius 1 is 1.50 bits per heavy atom. The summed E-state index contributed by atoms with van der Waals surface area (Å²) in [7, 11) is 0. The van der Waals surface area contributed by atoms with Crippen LogP contribution in [0.25, 0.3) is 0 Å². The van der Waals surface area contributed by atoms with Crippen molar-refractivity contribution in [2.75, 3.05) is 5.53 Å². The van der Waals surface area contributed by atoms with E-state index in [0.29, 0.717) is 0 Å². The number of hydrazine groups is 1. The van der Waals surface area contributed by atoms with Gasteiger partial charge in [-0.05, 0) is 0 Å². The van der Waals surface area contributed by atoms with Crippen LogP contribution in [0.4, 0.5) is 0 Å². The predicted octanol–water partition coefficient (Wildman–Crippen LogP) is -0.719. The smallest absolute Gasteiger partial charge is 0.0707 e. The van der Waals surface area contributed by atoms with E-state index in [4.69, 9.17) is 11.4 Å². The molecule has 10 heavy (non-hydrogen) atoms. The first-order chi connectivity index (χ1) is 4.86. The molecule has 8 nitrogen and oxygen atoms in total. The fraction of sp³-hybridized carbons (Fsp3) is 0. The molecule has 1 aromatic heterocycles. The number of nitrogens with two attached hydrogens (primary N) is 1. The summed E-state index contributed by atoms with van der Waals surface area (Å²) in [6.07, 6.45) is 3.05. The number of hydrogen-bond donors (Lipinski definition) is 5. The zero-order chi connectivity index (χ0) is 7.40. The van der Waals surface area contributed by atoms with Crippen LogP contribution in [-0.4, -0.2) is 20.0 Å². The van der Waals surface area contributed by atoms with Crippen LogP contribution in [0, 0.1) is 5.53 Å². The summed E-state index contributed by atoms with van der Waals surface area (Å²) in [6, 6.07) is 0. The van der Waals surface area contributed by atoms with E-state index in [2.05, 4.69) is 21.2 Å². The Kier molecular flexibility index (Phi) is 1.75. The molecule has 0 radical (unpaired) electrons. The maximum atomic E-state index is 6.55. The quantitative estimate of drug-likeness (QED) is 0.214. The molecular formula is C2H8N8. The van der Waals surface area contributed by atoms with Gasteiger partial charge >= 0.3 is 0 Å². The highest BCUT2D eigenvalue weighted by molar-refractivity contribution is 4.66. The number of H-pyrrole nitrogens is 2. The van der Waals surface area contributed by atoms with Crippen LogP contribution in [0.15, 0.2) is 17.6 Å².